The number of nitrogens with two attached hydrogens (primary N) is 1. The maximum atomic E-state index is 11.9. The SMILES string of the molecule is CCc1[nH]nc(C(=O)NCCc2cccnc2)c1N. The second-order valence-electron chi connectivity index (χ2n) is 4.19. The van der Waals surface area contributed by atoms with Crippen molar-refractivity contribution in [1.29, 1.82) is 0 Å². The second kappa shape index (κ2) is 5.99. The zero-order chi connectivity index (χ0) is 13.7. The predicted octanol–water partition coefficient (Wildman–Crippen LogP) is 0.922. The molecule has 0 fully saturated rings. The zero-order valence-corrected chi connectivity index (χ0v) is 10.8. The molecular weight excluding hydrogens is 242 g/mol. The van der Waals surface area contributed by atoms with Gasteiger partial charge in [0.2, 0.25) is 0 Å². The molecule has 0 aromatic carbocycles. The third-order valence-corrected chi connectivity index (χ3v) is 2.87. The van der Waals surface area contributed by atoms with E-state index in [1.807, 2.05) is 19.1 Å². The molecule has 2 rings (SSSR count). The Morgan fingerprint density at radius 1 is 1.53 bits per heavy atom. The molecule has 6 heteroatoms. The Balaban J connectivity index is 1.89. The van der Waals surface area contributed by atoms with Crippen LogP contribution >= 0.6 is 0 Å². The van der Waals surface area contributed by atoms with Crippen molar-refractivity contribution in [3.05, 3.63) is 41.5 Å². The van der Waals surface area contributed by atoms with Crippen molar-refractivity contribution in [2.45, 2.75) is 19.8 Å². The summed E-state index contributed by atoms with van der Waals surface area (Å²) in [4.78, 5) is 15.9. The smallest absolute Gasteiger partial charge is 0.273 e. The van der Waals surface area contributed by atoms with Gasteiger partial charge in [-0.1, -0.05) is 13.0 Å². The number of nitrogens with one attached hydrogen (secondary N) is 2. The van der Waals surface area contributed by atoms with E-state index in [-0.39, 0.29) is 11.6 Å². The molecule has 2 aromatic rings. The van der Waals surface area contributed by atoms with E-state index in [4.69, 9.17) is 5.73 Å². The van der Waals surface area contributed by atoms with E-state index in [0.717, 1.165) is 24.1 Å². The Labute approximate surface area is 111 Å². The third-order valence-electron chi connectivity index (χ3n) is 2.87. The van der Waals surface area contributed by atoms with Crippen LogP contribution in [0.1, 0.15) is 28.7 Å². The van der Waals surface area contributed by atoms with Crippen LogP contribution in [0, 0.1) is 0 Å². The third kappa shape index (κ3) is 3.09. The number of hydrogen-bond acceptors (Lipinski definition) is 4. The largest absolute Gasteiger partial charge is 0.395 e. The van der Waals surface area contributed by atoms with Gasteiger partial charge in [-0.25, -0.2) is 0 Å². The lowest BCUT2D eigenvalue weighted by atomic mass is 10.2. The van der Waals surface area contributed by atoms with Gasteiger partial charge in [0.05, 0.1) is 11.4 Å². The molecule has 0 radical (unpaired) electrons. The van der Waals surface area contributed by atoms with Gasteiger partial charge in [0.15, 0.2) is 5.69 Å². The second-order valence-corrected chi connectivity index (χ2v) is 4.19. The van der Waals surface area contributed by atoms with Crippen molar-refractivity contribution >= 4 is 11.6 Å². The number of aryl methyl sites for hydroxylation is 1. The quantitative estimate of drug-likeness (QED) is 0.744. The van der Waals surface area contributed by atoms with Crippen LogP contribution in [0.3, 0.4) is 0 Å². The van der Waals surface area contributed by atoms with Gasteiger partial charge in [0, 0.05) is 18.9 Å². The number of hydrogen-bond donors (Lipinski definition) is 3. The summed E-state index contributed by atoms with van der Waals surface area (Å²) in [7, 11) is 0. The highest BCUT2D eigenvalue weighted by molar-refractivity contribution is 5.97. The summed E-state index contributed by atoms with van der Waals surface area (Å²) in [5.74, 6) is -0.252. The van der Waals surface area contributed by atoms with Crippen LogP contribution in [-0.2, 0) is 12.8 Å². The summed E-state index contributed by atoms with van der Waals surface area (Å²) in [5.41, 5.74) is 8.40. The van der Waals surface area contributed by atoms with E-state index >= 15 is 0 Å². The van der Waals surface area contributed by atoms with E-state index in [1.165, 1.54) is 0 Å². The van der Waals surface area contributed by atoms with Crippen LogP contribution in [0.15, 0.2) is 24.5 Å². The first-order valence-electron chi connectivity index (χ1n) is 6.22. The number of nitrogen functional groups attached to an aromatic ring is 1. The molecule has 100 valence electrons. The van der Waals surface area contributed by atoms with Gasteiger partial charge < -0.3 is 11.1 Å². The van der Waals surface area contributed by atoms with Crippen molar-refractivity contribution < 1.29 is 4.79 Å². The molecule has 0 aliphatic carbocycles. The molecule has 0 aliphatic heterocycles. The van der Waals surface area contributed by atoms with Crippen molar-refractivity contribution in [3.8, 4) is 0 Å². The van der Waals surface area contributed by atoms with Crippen LogP contribution in [0.2, 0.25) is 0 Å². The molecule has 19 heavy (non-hydrogen) atoms. The van der Waals surface area contributed by atoms with Gasteiger partial charge >= 0.3 is 0 Å². The number of anilines is 1. The van der Waals surface area contributed by atoms with E-state index in [9.17, 15) is 4.79 Å². The molecule has 1 amide bonds. The lowest BCUT2D eigenvalue weighted by Crippen LogP contribution is -2.26. The van der Waals surface area contributed by atoms with E-state index in [2.05, 4.69) is 20.5 Å². The Kier molecular flexibility index (Phi) is 4.12. The van der Waals surface area contributed by atoms with Gasteiger partial charge in [-0.3, -0.25) is 14.9 Å². The average Bonchev–Trinajstić information content (AvgIpc) is 2.81. The van der Waals surface area contributed by atoms with Gasteiger partial charge in [-0.15, -0.1) is 0 Å². The summed E-state index contributed by atoms with van der Waals surface area (Å²) in [5, 5.41) is 9.50. The monoisotopic (exact) mass is 259 g/mol. The fraction of sp³-hybridized carbons (Fsp3) is 0.308. The fourth-order valence-corrected chi connectivity index (χ4v) is 1.78. The number of rotatable bonds is 5. The van der Waals surface area contributed by atoms with Crippen molar-refractivity contribution in [1.82, 2.24) is 20.5 Å². The Morgan fingerprint density at radius 3 is 3.00 bits per heavy atom. The summed E-state index contributed by atoms with van der Waals surface area (Å²) in [6.45, 7) is 2.48. The number of carbonyl (C=O) groups excluding carboxylic acids is 1. The van der Waals surface area contributed by atoms with Crippen LogP contribution in [0.5, 0.6) is 0 Å². The molecule has 0 spiro atoms. The van der Waals surface area contributed by atoms with Gasteiger partial charge in [0.25, 0.3) is 5.91 Å². The summed E-state index contributed by atoms with van der Waals surface area (Å²) in [6.07, 6.45) is 4.95. The van der Waals surface area contributed by atoms with Gasteiger partial charge in [0.1, 0.15) is 0 Å². The Bertz CT molecular complexity index is 549. The van der Waals surface area contributed by atoms with Crippen molar-refractivity contribution in [2.75, 3.05) is 12.3 Å². The van der Waals surface area contributed by atoms with E-state index in [0.29, 0.717) is 12.2 Å². The molecule has 2 aromatic heterocycles. The molecule has 2 heterocycles. The molecule has 0 saturated heterocycles. The first-order valence-corrected chi connectivity index (χ1v) is 6.22. The lowest BCUT2D eigenvalue weighted by molar-refractivity contribution is 0.0950. The number of H-pyrrole nitrogens is 1. The van der Waals surface area contributed by atoms with Crippen molar-refractivity contribution in [2.24, 2.45) is 0 Å². The molecular formula is C13H17N5O. The minimum absolute atomic E-state index is 0.252. The molecule has 6 nitrogen and oxygen atoms in total. The standard InChI is InChI=1S/C13H17N5O/c1-2-10-11(14)12(18-17-10)13(19)16-7-5-9-4-3-6-15-8-9/h3-4,6,8H,2,5,7,14H2,1H3,(H,16,19)(H,17,18). The molecule has 0 saturated carbocycles. The van der Waals surface area contributed by atoms with E-state index in [1.54, 1.807) is 12.4 Å². The summed E-state index contributed by atoms with van der Waals surface area (Å²) in [6, 6.07) is 3.84. The molecule has 0 aliphatic rings. The number of nitrogens with zero attached hydrogens (tertiary/aromatic N) is 2. The maximum Gasteiger partial charge on any atom is 0.273 e. The van der Waals surface area contributed by atoms with Gasteiger partial charge in [-0.2, -0.15) is 5.10 Å². The van der Waals surface area contributed by atoms with Crippen LogP contribution in [-0.4, -0.2) is 27.6 Å². The number of carbonyl (C=O) groups is 1. The molecule has 0 unspecified atom stereocenters. The number of aromatic nitrogens is 3. The van der Waals surface area contributed by atoms with Crippen LogP contribution < -0.4 is 11.1 Å². The molecule has 4 N–H and O–H groups in total. The molecule has 0 bridgehead atoms. The average molecular weight is 259 g/mol. The topological polar surface area (TPSA) is 96.7 Å². The summed E-state index contributed by atoms with van der Waals surface area (Å²) >= 11 is 0. The Morgan fingerprint density at radius 2 is 2.37 bits per heavy atom. The first kappa shape index (κ1) is 13.1. The van der Waals surface area contributed by atoms with E-state index < -0.39 is 0 Å². The highest BCUT2D eigenvalue weighted by Crippen LogP contribution is 2.13. The van der Waals surface area contributed by atoms with Gasteiger partial charge in [-0.05, 0) is 24.5 Å². The van der Waals surface area contributed by atoms with Crippen LogP contribution in [0.4, 0.5) is 5.69 Å². The maximum absolute atomic E-state index is 11.9. The number of pyridine rings is 1. The number of amides is 1. The highest BCUT2D eigenvalue weighted by Gasteiger charge is 2.15. The fourth-order valence-electron chi connectivity index (χ4n) is 1.78. The zero-order valence-electron chi connectivity index (χ0n) is 10.8. The van der Waals surface area contributed by atoms with Crippen molar-refractivity contribution in [3.63, 3.8) is 0 Å². The minimum Gasteiger partial charge on any atom is -0.395 e. The highest BCUT2D eigenvalue weighted by atomic mass is 16.1. The van der Waals surface area contributed by atoms with Crippen LogP contribution in [0.25, 0.3) is 0 Å². The lowest BCUT2D eigenvalue weighted by Gasteiger charge is -2.03. The first-order chi connectivity index (χ1) is 9.22. The normalized spacial score (nSPS) is 10.4. The minimum atomic E-state index is -0.252. The number of aromatic amines is 1. The predicted molar refractivity (Wildman–Crippen MR) is 72.7 cm³/mol. The molecule has 0 atom stereocenters. The summed E-state index contributed by atoms with van der Waals surface area (Å²) < 4.78 is 0. The Hall–Kier alpha value is -2.37.